The number of sulfonamides is 1. The van der Waals surface area contributed by atoms with Gasteiger partial charge in [0.2, 0.25) is 10.0 Å². The molecular weight excluding hydrogens is 364 g/mol. The summed E-state index contributed by atoms with van der Waals surface area (Å²) >= 11 is 3.84. The zero-order valence-corrected chi connectivity index (χ0v) is 17.1. The maximum atomic E-state index is 12.3. The van der Waals surface area contributed by atoms with Gasteiger partial charge in [0.05, 0.1) is 5.75 Å². The minimum absolute atomic E-state index is 0.122. The van der Waals surface area contributed by atoms with Gasteiger partial charge in [0.25, 0.3) is 0 Å². The minimum Gasteiger partial charge on any atom is -0.355 e. The van der Waals surface area contributed by atoms with Crippen LogP contribution in [0.3, 0.4) is 0 Å². The number of nitrogens with zero attached hydrogens (tertiary/aromatic N) is 2. The Kier molecular flexibility index (Phi) is 8.53. The van der Waals surface area contributed by atoms with E-state index in [0.29, 0.717) is 31.6 Å². The van der Waals surface area contributed by atoms with Gasteiger partial charge in [-0.05, 0) is 25.0 Å². The summed E-state index contributed by atoms with van der Waals surface area (Å²) in [6.45, 7) is 3.87. The van der Waals surface area contributed by atoms with Gasteiger partial charge in [-0.1, -0.05) is 6.92 Å². The molecule has 0 radical (unpaired) electrons. The summed E-state index contributed by atoms with van der Waals surface area (Å²) in [5.41, 5.74) is 0. The van der Waals surface area contributed by atoms with Gasteiger partial charge >= 0.3 is 0 Å². The first-order valence-electron chi connectivity index (χ1n) is 8.69. The Morgan fingerprint density at radius 3 is 2.75 bits per heavy atom. The van der Waals surface area contributed by atoms with E-state index < -0.39 is 10.0 Å². The van der Waals surface area contributed by atoms with Crippen LogP contribution < -0.4 is 10.6 Å². The molecule has 0 amide bonds. The highest BCUT2D eigenvalue weighted by Crippen LogP contribution is 2.29. The molecule has 6 nitrogen and oxygen atoms in total. The number of hydrogen-bond acceptors (Lipinski definition) is 5. The summed E-state index contributed by atoms with van der Waals surface area (Å²) in [4.78, 5) is 4.23. The Hall–Kier alpha value is -0.120. The fraction of sp³-hybridized carbons (Fsp3) is 0.933. The number of hydrogen-bond donors (Lipinski definition) is 2. The van der Waals surface area contributed by atoms with Crippen molar-refractivity contribution in [2.75, 3.05) is 49.7 Å². The van der Waals surface area contributed by atoms with E-state index >= 15 is 0 Å². The van der Waals surface area contributed by atoms with E-state index in [1.807, 2.05) is 23.5 Å². The van der Waals surface area contributed by atoms with Crippen molar-refractivity contribution in [3.63, 3.8) is 0 Å². The standard InChI is InChI=1S/C15H30N4O2S3/c1-3-23-14-5-4-13(12-14)18-15(16-2)17-6-11-24(20,21)19-7-9-22-10-8-19/h13-14H,3-12H2,1-2H3,(H2,16,17,18). The number of rotatable bonds is 7. The van der Waals surface area contributed by atoms with Crippen LogP contribution >= 0.6 is 23.5 Å². The average Bonchev–Trinajstić information content (AvgIpc) is 3.02. The zero-order valence-electron chi connectivity index (χ0n) is 14.7. The maximum Gasteiger partial charge on any atom is 0.215 e. The topological polar surface area (TPSA) is 73.8 Å². The van der Waals surface area contributed by atoms with Crippen molar-refractivity contribution in [3.8, 4) is 0 Å². The SMILES string of the molecule is CCSC1CCC(NC(=NC)NCCS(=O)(=O)N2CCSCC2)C1. The smallest absolute Gasteiger partial charge is 0.215 e. The third-order valence-corrected chi connectivity index (χ3v) is 8.41. The lowest BCUT2D eigenvalue weighted by molar-refractivity contribution is 0.443. The molecule has 1 saturated heterocycles. The highest BCUT2D eigenvalue weighted by atomic mass is 32.2. The first-order chi connectivity index (χ1) is 11.5. The van der Waals surface area contributed by atoms with Crippen molar-refractivity contribution in [2.24, 2.45) is 4.99 Å². The van der Waals surface area contributed by atoms with Gasteiger partial charge < -0.3 is 10.6 Å². The van der Waals surface area contributed by atoms with Crippen LogP contribution in [0.2, 0.25) is 0 Å². The summed E-state index contributed by atoms with van der Waals surface area (Å²) in [5.74, 6) is 3.80. The second-order valence-corrected chi connectivity index (χ2v) is 10.9. The summed E-state index contributed by atoms with van der Waals surface area (Å²) < 4.78 is 26.3. The van der Waals surface area contributed by atoms with Gasteiger partial charge in [-0.3, -0.25) is 4.99 Å². The third-order valence-electron chi connectivity index (χ3n) is 4.37. The Morgan fingerprint density at radius 2 is 2.08 bits per heavy atom. The van der Waals surface area contributed by atoms with Crippen LogP contribution in [0, 0.1) is 0 Å². The second-order valence-electron chi connectivity index (χ2n) is 6.06. The first kappa shape index (κ1) is 20.2. The van der Waals surface area contributed by atoms with Crippen molar-refractivity contribution in [1.29, 1.82) is 0 Å². The lowest BCUT2D eigenvalue weighted by atomic mass is 10.2. The molecule has 0 aromatic carbocycles. The second kappa shape index (κ2) is 10.1. The molecule has 1 aliphatic carbocycles. The summed E-state index contributed by atoms with van der Waals surface area (Å²) in [5, 5.41) is 7.33. The molecule has 140 valence electrons. The van der Waals surface area contributed by atoms with Crippen LogP contribution in [-0.4, -0.2) is 79.7 Å². The number of nitrogens with one attached hydrogen (secondary N) is 2. The van der Waals surface area contributed by atoms with E-state index in [4.69, 9.17) is 0 Å². The van der Waals surface area contributed by atoms with Crippen LogP contribution in [0.4, 0.5) is 0 Å². The Bertz CT molecular complexity index is 507. The normalized spacial score (nSPS) is 26.5. The molecule has 24 heavy (non-hydrogen) atoms. The molecule has 9 heteroatoms. The molecule has 0 bridgehead atoms. The van der Waals surface area contributed by atoms with Gasteiger partial charge in [0.15, 0.2) is 5.96 Å². The largest absolute Gasteiger partial charge is 0.355 e. The molecular formula is C15H30N4O2S3. The molecule has 2 N–H and O–H groups in total. The van der Waals surface area contributed by atoms with Gasteiger partial charge in [0, 0.05) is 49.5 Å². The van der Waals surface area contributed by atoms with E-state index in [0.717, 1.165) is 35.4 Å². The van der Waals surface area contributed by atoms with Crippen LogP contribution in [-0.2, 0) is 10.0 Å². The quantitative estimate of drug-likeness (QED) is 0.499. The molecule has 2 fully saturated rings. The van der Waals surface area contributed by atoms with E-state index in [1.54, 1.807) is 11.4 Å². The fourth-order valence-electron chi connectivity index (χ4n) is 3.10. The van der Waals surface area contributed by atoms with Gasteiger partial charge in [-0.25, -0.2) is 12.7 Å². The van der Waals surface area contributed by atoms with E-state index in [1.165, 1.54) is 6.42 Å². The van der Waals surface area contributed by atoms with E-state index in [2.05, 4.69) is 22.5 Å². The van der Waals surface area contributed by atoms with Crippen molar-refractivity contribution < 1.29 is 8.42 Å². The Morgan fingerprint density at radius 1 is 1.33 bits per heavy atom. The predicted molar refractivity (Wildman–Crippen MR) is 107 cm³/mol. The molecule has 0 aromatic rings. The maximum absolute atomic E-state index is 12.3. The highest BCUT2D eigenvalue weighted by molar-refractivity contribution is 8.00. The summed E-state index contributed by atoms with van der Waals surface area (Å²) in [6.07, 6.45) is 3.56. The third kappa shape index (κ3) is 6.31. The van der Waals surface area contributed by atoms with Crippen LogP contribution in [0.1, 0.15) is 26.2 Å². The molecule has 2 unspecified atom stereocenters. The fourth-order valence-corrected chi connectivity index (χ4v) is 6.73. The summed E-state index contributed by atoms with van der Waals surface area (Å²) in [7, 11) is -1.42. The molecule has 1 saturated carbocycles. The monoisotopic (exact) mass is 394 g/mol. The molecule has 1 aliphatic heterocycles. The lowest BCUT2D eigenvalue weighted by Crippen LogP contribution is -2.46. The Labute approximate surface area is 155 Å². The first-order valence-corrected chi connectivity index (χ1v) is 12.5. The average molecular weight is 395 g/mol. The zero-order chi connectivity index (χ0) is 17.4. The highest BCUT2D eigenvalue weighted by Gasteiger charge is 2.26. The molecule has 1 heterocycles. The van der Waals surface area contributed by atoms with E-state index in [9.17, 15) is 8.42 Å². The number of thioether (sulfide) groups is 2. The summed E-state index contributed by atoms with van der Waals surface area (Å²) in [6, 6.07) is 0.441. The number of aliphatic imine (C=N–C) groups is 1. The minimum atomic E-state index is -3.16. The van der Waals surface area contributed by atoms with Crippen LogP contribution in [0.5, 0.6) is 0 Å². The molecule has 0 spiro atoms. The van der Waals surface area contributed by atoms with Crippen LogP contribution in [0.25, 0.3) is 0 Å². The van der Waals surface area contributed by atoms with Crippen molar-refractivity contribution in [1.82, 2.24) is 14.9 Å². The molecule has 2 atom stereocenters. The van der Waals surface area contributed by atoms with Crippen molar-refractivity contribution >= 4 is 39.5 Å². The molecule has 0 aromatic heterocycles. The Balaban J connectivity index is 1.72. The van der Waals surface area contributed by atoms with Gasteiger partial charge in [0.1, 0.15) is 0 Å². The van der Waals surface area contributed by atoms with Crippen molar-refractivity contribution in [3.05, 3.63) is 0 Å². The van der Waals surface area contributed by atoms with Gasteiger partial charge in [-0.15, -0.1) is 0 Å². The lowest BCUT2D eigenvalue weighted by Gasteiger charge is -2.26. The predicted octanol–water partition coefficient (Wildman–Crippen LogP) is 1.20. The van der Waals surface area contributed by atoms with Crippen molar-refractivity contribution in [2.45, 2.75) is 37.5 Å². The number of guanidine groups is 1. The van der Waals surface area contributed by atoms with E-state index in [-0.39, 0.29) is 5.75 Å². The molecule has 2 rings (SSSR count). The van der Waals surface area contributed by atoms with Gasteiger partial charge in [-0.2, -0.15) is 23.5 Å². The van der Waals surface area contributed by atoms with Crippen LogP contribution in [0.15, 0.2) is 4.99 Å². The molecule has 2 aliphatic rings.